The number of aryl methyl sites for hydroxylation is 2. The zero-order valence-electron chi connectivity index (χ0n) is 17.2. The van der Waals surface area contributed by atoms with E-state index >= 15 is 0 Å². The highest BCUT2D eigenvalue weighted by Crippen LogP contribution is 2.32. The number of thioether (sulfide) groups is 1. The molecule has 0 fully saturated rings. The standard InChI is InChI=1S/C23H23ClN4OS2/c1-2-17-5-3-6-20-22(17)26-23(31-20)28(13-4-12-27-14-11-25-16-27)21(29)15-30-19-9-7-18(24)8-10-19/h3,5-11,14,16H,2,4,12-13,15H2,1H3. The van der Waals surface area contributed by atoms with E-state index in [4.69, 9.17) is 16.6 Å². The van der Waals surface area contributed by atoms with Gasteiger partial charge in [-0.1, -0.05) is 42.0 Å². The molecule has 4 aromatic rings. The Balaban J connectivity index is 1.52. The van der Waals surface area contributed by atoms with Gasteiger partial charge in [0.25, 0.3) is 0 Å². The number of para-hydroxylation sites is 1. The number of fused-ring (bicyclic) bond motifs is 1. The lowest BCUT2D eigenvalue weighted by Crippen LogP contribution is -2.33. The van der Waals surface area contributed by atoms with Crippen molar-refractivity contribution in [3.8, 4) is 0 Å². The molecule has 0 unspecified atom stereocenters. The van der Waals surface area contributed by atoms with Crippen LogP contribution >= 0.6 is 34.7 Å². The normalized spacial score (nSPS) is 11.2. The van der Waals surface area contributed by atoms with Crippen LogP contribution in [0.4, 0.5) is 5.13 Å². The third-order valence-corrected chi connectivity index (χ3v) is 7.23. The highest BCUT2D eigenvalue weighted by molar-refractivity contribution is 8.00. The molecule has 1 amide bonds. The maximum Gasteiger partial charge on any atom is 0.239 e. The fourth-order valence-corrected chi connectivity index (χ4v) is 5.26. The summed E-state index contributed by atoms with van der Waals surface area (Å²) in [5.74, 6) is 0.409. The summed E-state index contributed by atoms with van der Waals surface area (Å²) in [4.78, 5) is 25.0. The Morgan fingerprint density at radius 3 is 2.81 bits per heavy atom. The molecule has 160 valence electrons. The lowest BCUT2D eigenvalue weighted by molar-refractivity contribution is -0.116. The van der Waals surface area contributed by atoms with E-state index in [0.717, 1.165) is 39.6 Å². The van der Waals surface area contributed by atoms with Crippen LogP contribution in [-0.2, 0) is 17.8 Å². The van der Waals surface area contributed by atoms with Crippen LogP contribution in [0.2, 0.25) is 5.02 Å². The van der Waals surface area contributed by atoms with Gasteiger partial charge in [-0.3, -0.25) is 9.69 Å². The predicted octanol–water partition coefficient (Wildman–Crippen LogP) is 5.92. The second-order valence-corrected chi connectivity index (χ2v) is 9.55. The summed E-state index contributed by atoms with van der Waals surface area (Å²) in [5, 5.41) is 1.46. The minimum absolute atomic E-state index is 0.0580. The number of carbonyl (C=O) groups is 1. The number of nitrogens with zero attached hydrogens (tertiary/aromatic N) is 4. The first-order valence-corrected chi connectivity index (χ1v) is 12.3. The van der Waals surface area contributed by atoms with Gasteiger partial charge in [0.2, 0.25) is 5.91 Å². The van der Waals surface area contributed by atoms with Crippen LogP contribution in [0.15, 0.2) is 66.1 Å². The number of carbonyl (C=O) groups excluding carboxylic acids is 1. The van der Waals surface area contributed by atoms with Crippen molar-refractivity contribution in [2.75, 3.05) is 17.2 Å². The molecule has 0 aliphatic carbocycles. The molecule has 0 N–H and O–H groups in total. The van der Waals surface area contributed by atoms with Crippen molar-refractivity contribution in [2.45, 2.75) is 31.2 Å². The van der Waals surface area contributed by atoms with Crippen LogP contribution in [0.25, 0.3) is 10.2 Å². The molecule has 2 heterocycles. The number of imidazole rings is 1. The van der Waals surface area contributed by atoms with Gasteiger partial charge in [-0.25, -0.2) is 9.97 Å². The number of hydrogen-bond acceptors (Lipinski definition) is 5. The summed E-state index contributed by atoms with van der Waals surface area (Å²) in [6, 6.07) is 13.8. The number of benzene rings is 2. The first-order chi connectivity index (χ1) is 15.1. The zero-order valence-corrected chi connectivity index (χ0v) is 19.6. The predicted molar refractivity (Wildman–Crippen MR) is 130 cm³/mol. The highest BCUT2D eigenvalue weighted by Gasteiger charge is 2.20. The van der Waals surface area contributed by atoms with E-state index in [2.05, 4.69) is 30.1 Å². The SMILES string of the molecule is CCc1cccc2sc(N(CCCn3ccnc3)C(=O)CSc3ccc(Cl)cc3)nc12. The minimum Gasteiger partial charge on any atom is -0.337 e. The van der Waals surface area contributed by atoms with Gasteiger partial charge in [0.05, 0.1) is 22.3 Å². The van der Waals surface area contributed by atoms with Gasteiger partial charge in [0.15, 0.2) is 5.13 Å². The monoisotopic (exact) mass is 470 g/mol. The molecule has 4 rings (SSSR count). The van der Waals surface area contributed by atoms with Crippen molar-refractivity contribution < 1.29 is 4.79 Å². The molecule has 0 saturated carbocycles. The summed E-state index contributed by atoms with van der Waals surface area (Å²) in [7, 11) is 0. The minimum atomic E-state index is 0.0580. The topological polar surface area (TPSA) is 51.0 Å². The molecular weight excluding hydrogens is 448 g/mol. The average Bonchev–Trinajstić information content (AvgIpc) is 3.45. The molecule has 31 heavy (non-hydrogen) atoms. The second kappa shape index (κ2) is 10.3. The van der Waals surface area contributed by atoms with Crippen molar-refractivity contribution in [2.24, 2.45) is 0 Å². The van der Waals surface area contributed by atoms with Crippen LogP contribution in [0, 0.1) is 0 Å². The Morgan fingerprint density at radius 1 is 1.23 bits per heavy atom. The Kier molecular flexibility index (Phi) is 7.27. The van der Waals surface area contributed by atoms with Crippen molar-refractivity contribution >= 4 is 56.0 Å². The van der Waals surface area contributed by atoms with E-state index in [1.165, 1.54) is 17.3 Å². The Bertz CT molecular complexity index is 1140. The van der Waals surface area contributed by atoms with Gasteiger partial charge < -0.3 is 4.57 Å². The molecule has 0 aliphatic heterocycles. The van der Waals surface area contributed by atoms with Gasteiger partial charge >= 0.3 is 0 Å². The second-order valence-electron chi connectivity index (χ2n) is 7.06. The molecule has 5 nitrogen and oxygen atoms in total. The quantitative estimate of drug-likeness (QED) is 0.285. The van der Waals surface area contributed by atoms with Gasteiger partial charge in [0, 0.05) is 35.4 Å². The van der Waals surface area contributed by atoms with Crippen molar-refractivity contribution in [1.82, 2.24) is 14.5 Å². The first-order valence-electron chi connectivity index (χ1n) is 10.2. The zero-order chi connectivity index (χ0) is 21.6. The fraction of sp³-hybridized carbons (Fsp3) is 0.261. The van der Waals surface area contributed by atoms with Crippen molar-refractivity contribution in [3.63, 3.8) is 0 Å². The summed E-state index contributed by atoms with van der Waals surface area (Å²) < 4.78 is 3.14. The van der Waals surface area contributed by atoms with Crippen LogP contribution < -0.4 is 4.90 Å². The van der Waals surface area contributed by atoms with Gasteiger partial charge in [-0.05, 0) is 48.7 Å². The molecule has 2 aromatic heterocycles. The number of anilines is 1. The molecule has 0 saturated heterocycles. The van der Waals surface area contributed by atoms with E-state index in [9.17, 15) is 4.79 Å². The Hall–Kier alpha value is -2.35. The van der Waals surface area contributed by atoms with E-state index in [0.29, 0.717) is 17.3 Å². The van der Waals surface area contributed by atoms with Gasteiger partial charge in [0.1, 0.15) is 0 Å². The van der Waals surface area contributed by atoms with Gasteiger partial charge in [-0.15, -0.1) is 11.8 Å². The summed E-state index contributed by atoms with van der Waals surface area (Å²) in [6.45, 7) is 3.54. The highest BCUT2D eigenvalue weighted by atomic mass is 35.5. The molecule has 0 bridgehead atoms. The fourth-order valence-electron chi connectivity index (χ4n) is 3.31. The molecule has 0 aliphatic rings. The molecule has 8 heteroatoms. The Morgan fingerprint density at radius 2 is 2.06 bits per heavy atom. The summed E-state index contributed by atoms with van der Waals surface area (Å²) in [6.07, 6.45) is 7.25. The number of amides is 1. The number of hydrogen-bond donors (Lipinski definition) is 0. The number of rotatable bonds is 9. The molecule has 2 aromatic carbocycles. The number of aromatic nitrogens is 3. The van der Waals surface area contributed by atoms with E-state index in [1.54, 1.807) is 23.9 Å². The average molecular weight is 471 g/mol. The lowest BCUT2D eigenvalue weighted by atomic mass is 10.1. The van der Waals surface area contributed by atoms with Crippen LogP contribution in [0.3, 0.4) is 0 Å². The lowest BCUT2D eigenvalue weighted by Gasteiger charge is -2.20. The molecule has 0 atom stereocenters. The van der Waals surface area contributed by atoms with E-state index in [1.807, 2.05) is 39.9 Å². The third-order valence-electron chi connectivity index (χ3n) is 4.94. The van der Waals surface area contributed by atoms with E-state index < -0.39 is 0 Å². The van der Waals surface area contributed by atoms with Crippen LogP contribution in [-0.4, -0.2) is 32.7 Å². The number of thiazole rings is 1. The smallest absolute Gasteiger partial charge is 0.239 e. The molecule has 0 spiro atoms. The van der Waals surface area contributed by atoms with Gasteiger partial charge in [-0.2, -0.15) is 0 Å². The third kappa shape index (κ3) is 5.47. The maximum atomic E-state index is 13.2. The van der Waals surface area contributed by atoms with Crippen molar-refractivity contribution in [3.05, 3.63) is 71.8 Å². The Labute approximate surface area is 195 Å². The van der Waals surface area contributed by atoms with Crippen LogP contribution in [0.1, 0.15) is 18.9 Å². The maximum absolute atomic E-state index is 13.2. The molecule has 0 radical (unpaired) electrons. The van der Waals surface area contributed by atoms with Crippen LogP contribution in [0.5, 0.6) is 0 Å². The summed E-state index contributed by atoms with van der Waals surface area (Å²) in [5.41, 5.74) is 2.21. The first kappa shape index (κ1) is 21.9. The molecular formula is C23H23ClN4OS2. The summed E-state index contributed by atoms with van der Waals surface area (Å²) >= 11 is 9.07. The van der Waals surface area contributed by atoms with E-state index in [-0.39, 0.29) is 5.91 Å². The number of halogens is 1. The van der Waals surface area contributed by atoms with Crippen molar-refractivity contribution in [1.29, 1.82) is 0 Å². The largest absolute Gasteiger partial charge is 0.337 e.